The maximum Gasteiger partial charge on any atom is 0.238 e. The molecule has 1 aromatic carbocycles. The topological polar surface area (TPSA) is 34.9 Å². The van der Waals surface area contributed by atoms with E-state index in [2.05, 4.69) is 11.9 Å². The molecule has 0 atom stereocenters. The van der Waals surface area contributed by atoms with Crippen molar-refractivity contribution >= 4 is 27.2 Å². The highest BCUT2D eigenvalue weighted by molar-refractivity contribution is 7.21. The Hall–Kier alpha value is -2.01. The summed E-state index contributed by atoms with van der Waals surface area (Å²) in [6, 6.07) is 6.28. The molecule has 3 aromatic rings. The number of hydrogen-bond acceptors (Lipinski definition) is 3. The maximum absolute atomic E-state index is 13.2. The Bertz CT molecular complexity index is 775. The molecule has 102 valence electrons. The van der Waals surface area contributed by atoms with E-state index in [0.717, 1.165) is 23.1 Å². The predicted octanol–water partition coefficient (Wildman–Crippen LogP) is 3.88. The number of ketones is 1. The van der Waals surface area contributed by atoms with Gasteiger partial charge in [-0.25, -0.2) is 9.37 Å². The second-order valence-electron chi connectivity index (χ2n) is 4.57. The highest BCUT2D eigenvalue weighted by atomic mass is 32.1. The van der Waals surface area contributed by atoms with Crippen LogP contribution >= 0.6 is 11.3 Å². The van der Waals surface area contributed by atoms with Gasteiger partial charge in [0.25, 0.3) is 0 Å². The molecule has 3 nitrogen and oxygen atoms in total. The largest absolute Gasteiger partial charge is 0.328 e. The van der Waals surface area contributed by atoms with Crippen LogP contribution in [0.5, 0.6) is 0 Å². The monoisotopic (exact) mass is 288 g/mol. The Morgan fingerprint density at radius 1 is 1.40 bits per heavy atom. The van der Waals surface area contributed by atoms with E-state index in [0.29, 0.717) is 10.7 Å². The van der Waals surface area contributed by atoms with Gasteiger partial charge in [0.15, 0.2) is 5.82 Å². The summed E-state index contributed by atoms with van der Waals surface area (Å²) >= 11 is 1.37. The maximum atomic E-state index is 13.2. The number of fused-ring (bicyclic) bond motifs is 1. The molecule has 0 bridgehead atoms. The van der Waals surface area contributed by atoms with Crippen molar-refractivity contribution in [3.63, 3.8) is 0 Å². The average Bonchev–Trinajstić information content (AvgIpc) is 3.04. The van der Waals surface area contributed by atoms with E-state index in [1.807, 2.05) is 10.8 Å². The van der Waals surface area contributed by atoms with Gasteiger partial charge >= 0.3 is 0 Å². The van der Waals surface area contributed by atoms with Crippen molar-refractivity contribution in [2.45, 2.75) is 19.9 Å². The summed E-state index contributed by atoms with van der Waals surface area (Å²) in [5.41, 5.74) is 0. The van der Waals surface area contributed by atoms with Gasteiger partial charge in [0.2, 0.25) is 5.78 Å². The second kappa shape index (κ2) is 5.17. The van der Waals surface area contributed by atoms with Crippen LogP contribution in [0.3, 0.4) is 0 Å². The number of benzene rings is 1. The first-order chi connectivity index (χ1) is 9.69. The molecule has 2 aromatic heterocycles. The molecule has 0 unspecified atom stereocenters. The summed E-state index contributed by atoms with van der Waals surface area (Å²) in [4.78, 5) is 17.2. The van der Waals surface area contributed by atoms with Crippen molar-refractivity contribution in [2.24, 2.45) is 0 Å². The number of halogens is 1. The first-order valence-electron chi connectivity index (χ1n) is 6.44. The Morgan fingerprint density at radius 2 is 2.25 bits per heavy atom. The Balaban J connectivity index is 2.01. The summed E-state index contributed by atoms with van der Waals surface area (Å²) in [5.74, 6) is 0.0470. The van der Waals surface area contributed by atoms with E-state index >= 15 is 0 Å². The summed E-state index contributed by atoms with van der Waals surface area (Å²) in [6.07, 6.45) is 4.38. The third-order valence-electron chi connectivity index (χ3n) is 3.09. The van der Waals surface area contributed by atoms with Crippen LogP contribution in [-0.2, 0) is 6.54 Å². The highest BCUT2D eigenvalue weighted by Gasteiger charge is 2.17. The molecule has 20 heavy (non-hydrogen) atoms. The molecule has 0 radical (unpaired) electrons. The van der Waals surface area contributed by atoms with Gasteiger partial charge in [-0.1, -0.05) is 6.92 Å². The number of hydrogen-bond donors (Lipinski definition) is 0. The van der Waals surface area contributed by atoms with E-state index in [4.69, 9.17) is 0 Å². The number of nitrogens with zero attached hydrogens (tertiary/aromatic N) is 2. The van der Waals surface area contributed by atoms with Crippen LogP contribution < -0.4 is 0 Å². The molecular formula is C15H13FN2OS. The summed E-state index contributed by atoms with van der Waals surface area (Å²) in [5, 5.41) is 0.756. The molecule has 5 heteroatoms. The smallest absolute Gasteiger partial charge is 0.238 e. The van der Waals surface area contributed by atoms with Crippen molar-refractivity contribution < 1.29 is 9.18 Å². The lowest BCUT2D eigenvalue weighted by atomic mass is 10.2. The molecule has 0 N–H and O–H groups in total. The van der Waals surface area contributed by atoms with Crippen LogP contribution in [0.15, 0.2) is 36.7 Å². The van der Waals surface area contributed by atoms with Crippen LogP contribution in [0.25, 0.3) is 10.1 Å². The van der Waals surface area contributed by atoms with Gasteiger partial charge in [0, 0.05) is 23.6 Å². The van der Waals surface area contributed by atoms with Gasteiger partial charge in [0.05, 0.1) is 4.88 Å². The average molecular weight is 288 g/mol. The molecule has 0 fully saturated rings. The molecule has 3 rings (SSSR count). The zero-order chi connectivity index (χ0) is 14.1. The van der Waals surface area contributed by atoms with Crippen LogP contribution in [0, 0.1) is 5.82 Å². The minimum atomic E-state index is -0.290. The van der Waals surface area contributed by atoms with Crippen molar-refractivity contribution in [3.8, 4) is 0 Å². The molecule has 0 aliphatic rings. The van der Waals surface area contributed by atoms with Crippen molar-refractivity contribution in [1.82, 2.24) is 9.55 Å². The summed E-state index contributed by atoms with van der Waals surface area (Å²) < 4.78 is 15.9. The lowest BCUT2D eigenvalue weighted by molar-refractivity contribution is 0.102. The molecule has 0 amide bonds. The van der Waals surface area contributed by atoms with Crippen molar-refractivity contribution in [3.05, 3.63) is 53.2 Å². The van der Waals surface area contributed by atoms with Crippen LogP contribution in [0.1, 0.15) is 28.8 Å². The molecule has 0 saturated carbocycles. The Kier molecular flexibility index (Phi) is 3.36. The van der Waals surface area contributed by atoms with E-state index in [1.54, 1.807) is 18.3 Å². The van der Waals surface area contributed by atoms with Gasteiger partial charge in [-0.3, -0.25) is 4.79 Å². The Morgan fingerprint density at radius 3 is 3.05 bits per heavy atom. The summed E-state index contributed by atoms with van der Waals surface area (Å²) in [7, 11) is 0. The number of carbonyl (C=O) groups excluding carboxylic acids is 1. The molecule has 0 spiro atoms. The van der Waals surface area contributed by atoms with Crippen molar-refractivity contribution in [1.29, 1.82) is 0 Å². The van der Waals surface area contributed by atoms with Gasteiger partial charge < -0.3 is 4.57 Å². The first kappa shape index (κ1) is 13.0. The number of rotatable bonds is 4. The fourth-order valence-corrected chi connectivity index (χ4v) is 3.15. The van der Waals surface area contributed by atoms with Crippen LogP contribution in [-0.4, -0.2) is 15.3 Å². The van der Waals surface area contributed by atoms with E-state index in [9.17, 15) is 9.18 Å². The zero-order valence-electron chi connectivity index (χ0n) is 11.0. The quantitative estimate of drug-likeness (QED) is 0.683. The third kappa shape index (κ3) is 2.25. The van der Waals surface area contributed by atoms with Crippen LogP contribution in [0.2, 0.25) is 0 Å². The number of imidazole rings is 1. The van der Waals surface area contributed by atoms with E-state index in [-0.39, 0.29) is 11.6 Å². The second-order valence-corrected chi connectivity index (χ2v) is 5.65. The van der Waals surface area contributed by atoms with E-state index in [1.165, 1.54) is 23.5 Å². The fraction of sp³-hybridized carbons (Fsp3) is 0.200. The highest BCUT2D eigenvalue weighted by Crippen LogP contribution is 2.27. The van der Waals surface area contributed by atoms with E-state index < -0.39 is 0 Å². The first-order valence-corrected chi connectivity index (χ1v) is 7.25. The standard InChI is InChI=1S/C15H13FN2OS/c1-2-6-18-7-5-17-15(18)14(19)13-9-10-8-11(16)3-4-12(10)20-13/h3-5,7-9H,2,6H2,1H3. The molecule has 0 aliphatic carbocycles. The van der Waals surface area contributed by atoms with Gasteiger partial charge in [0.1, 0.15) is 5.82 Å². The fourth-order valence-electron chi connectivity index (χ4n) is 2.18. The minimum Gasteiger partial charge on any atom is -0.328 e. The third-order valence-corrected chi connectivity index (χ3v) is 4.20. The van der Waals surface area contributed by atoms with Gasteiger partial charge in [-0.05, 0) is 36.1 Å². The molecule has 0 aliphatic heterocycles. The van der Waals surface area contributed by atoms with Crippen molar-refractivity contribution in [2.75, 3.05) is 0 Å². The number of aromatic nitrogens is 2. The zero-order valence-corrected chi connectivity index (χ0v) is 11.8. The van der Waals surface area contributed by atoms with Gasteiger partial charge in [-0.15, -0.1) is 11.3 Å². The molecular weight excluding hydrogens is 275 g/mol. The van der Waals surface area contributed by atoms with Crippen LogP contribution in [0.4, 0.5) is 4.39 Å². The lowest BCUT2D eigenvalue weighted by Crippen LogP contribution is -2.09. The lowest BCUT2D eigenvalue weighted by Gasteiger charge is -2.03. The SMILES string of the molecule is CCCn1ccnc1C(=O)c1cc2cc(F)ccc2s1. The molecule has 0 saturated heterocycles. The summed E-state index contributed by atoms with van der Waals surface area (Å²) in [6.45, 7) is 2.82. The number of thiophene rings is 1. The number of aryl methyl sites for hydroxylation is 1. The normalized spacial score (nSPS) is 11.1. The predicted molar refractivity (Wildman–Crippen MR) is 77.7 cm³/mol. The molecule has 2 heterocycles. The Labute approximate surface area is 119 Å². The minimum absolute atomic E-state index is 0.106. The van der Waals surface area contributed by atoms with Gasteiger partial charge in [-0.2, -0.15) is 0 Å². The number of carbonyl (C=O) groups is 1.